The lowest BCUT2D eigenvalue weighted by atomic mass is 10.1. The monoisotopic (exact) mass is 314 g/mol. The summed E-state index contributed by atoms with van der Waals surface area (Å²) in [6.07, 6.45) is -1.29. The van der Waals surface area contributed by atoms with Crippen LogP contribution in [-0.4, -0.2) is 24.2 Å². The molecule has 23 heavy (non-hydrogen) atoms. The highest BCUT2D eigenvalue weighted by molar-refractivity contribution is 5.69. The Kier molecular flexibility index (Phi) is 5.30. The Morgan fingerprint density at radius 1 is 1.13 bits per heavy atom. The van der Waals surface area contributed by atoms with Gasteiger partial charge in [0.15, 0.2) is 5.75 Å². The number of carbonyl (C=O) groups excluding carboxylic acids is 1. The van der Waals surface area contributed by atoms with Crippen molar-refractivity contribution in [2.45, 2.75) is 20.0 Å². The van der Waals surface area contributed by atoms with Gasteiger partial charge < -0.3 is 14.7 Å². The summed E-state index contributed by atoms with van der Waals surface area (Å²) in [7, 11) is 1.45. The van der Waals surface area contributed by atoms with E-state index < -0.39 is 6.09 Å². The Bertz CT molecular complexity index is 712. The minimum atomic E-state index is -0.942. The maximum atomic E-state index is 12.2. The molecule has 0 fully saturated rings. The second-order valence-corrected chi connectivity index (χ2v) is 5.06. The molecule has 0 aliphatic carbocycles. The van der Waals surface area contributed by atoms with Crippen LogP contribution in [0.4, 0.5) is 10.5 Å². The normalized spacial score (nSPS) is 11.4. The predicted octanol–water partition coefficient (Wildman–Crippen LogP) is 4.50. The summed E-state index contributed by atoms with van der Waals surface area (Å²) in [6, 6.07) is 14.7. The molecule has 0 aliphatic rings. The van der Waals surface area contributed by atoms with E-state index in [1.165, 1.54) is 7.11 Å². The van der Waals surface area contributed by atoms with Crippen LogP contribution >= 0.6 is 0 Å². The summed E-state index contributed by atoms with van der Waals surface area (Å²) in [5.74, 6) is 0.320. The van der Waals surface area contributed by atoms with Crippen LogP contribution in [0.2, 0.25) is 0 Å². The first-order chi connectivity index (χ1) is 11.0. The molecule has 120 valence electrons. The fraction of sp³-hybridized carbons (Fsp3) is 0.235. The maximum Gasteiger partial charge on any atom is 0.492 e. The molecule has 1 amide bonds. The molecule has 0 unspecified atom stereocenters. The van der Waals surface area contributed by atoms with Crippen LogP contribution in [0.25, 0.3) is 11.1 Å². The number of amides is 1. The van der Waals surface area contributed by atoms with Gasteiger partial charge in [-0.3, -0.25) is 0 Å². The molecule has 0 bridgehead atoms. The molecule has 0 saturated heterocycles. The van der Waals surface area contributed by atoms with Gasteiger partial charge in [-0.25, -0.2) is 4.79 Å². The van der Waals surface area contributed by atoms with Gasteiger partial charge in [0.1, 0.15) is 5.11 Å². The SMILES string of the molecule is COc1ccc(-c2ccccc2)cc1[N+]([O-])=NC(=O)OC(C)C. The summed E-state index contributed by atoms with van der Waals surface area (Å²) in [5, 5.41) is 15.5. The number of hydrogen-bond donors (Lipinski definition) is 0. The predicted molar refractivity (Wildman–Crippen MR) is 85.8 cm³/mol. The van der Waals surface area contributed by atoms with Crippen LogP contribution in [-0.2, 0) is 4.74 Å². The quantitative estimate of drug-likeness (QED) is 0.473. The Morgan fingerprint density at radius 2 is 1.83 bits per heavy atom. The molecular formula is C17H18N2O4. The minimum absolute atomic E-state index is 0.134. The molecule has 6 heteroatoms. The Balaban J connectivity index is 2.40. The molecule has 0 N–H and O–H groups in total. The van der Waals surface area contributed by atoms with Gasteiger partial charge >= 0.3 is 6.09 Å². The lowest BCUT2D eigenvalue weighted by molar-refractivity contribution is -0.436. The molecule has 0 spiro atoms. The molecule has 6 nitrogen and oxygen atoms in total. The lowest BCUT2D eigenvalue weighted by Crippen LogP contribution is -2.09. The third-order valence-electron chi connectivity index (χ3n) is 3.00. The van der Waals surface area contributed by atoms with Crippen molar-refractivity contribution in [1.82, 2.24) is 0 Å². The zero-order valence-corrected chi connectivity index (χ0v) is 13.2. The average molecular weight is 314 g/mol. The van der Waals surface area contributed by atoms with Gasteiger partial charge in [0, 0.05) is 6.07 Å². The maximum absolute atomic E-state index is 12.2. The smallest absolute Gasteiger partial charge is 0.492 e. The first-order valence-electron chi connectivity index (χ1n) is 7.14. The van der Waals surface area contributed by atoms with Gasteiger partial charge in [-0.1, -0.05) is 36.4 Å². The highest BCUT2D eigenvalue weighted by atomic mass is 16.6. The highest BCUT2D eigenvalue weighted by Crippen LogP contribution is 2.32. The van der Waals surface area contributed by atoms with Crippen LogP contribution in [0.1, 0.15) is 13.8 Å². The summed E-state index contributed by atoms with van der Waals surface area (Å²) < 4.78 is 10.0. The van der Waals surface area contributed by atoms with E-state index in [1.807, 2.05) is 36.4 Å². The zero-order valence-electron chi connectivity index (χ0n) is 13.2. The molecule has 0 aromatic heterocycles. The Hall–Kier alpha value is -2.89. The van der Waals surface area contributed by atoms with Crippen LogP contribution in [0.15, 0.2) is 53.6 Å². The van der Waals surface area contributed by atoms with E-state index in [0.29, 0.717) is 5.75 Å². The van der Waals surface area contributed by atoms with Gasteiger partial charge in [0.05, 0.1) is 13.2 Å². The van der Waals surface area contributed by atoms with E-state index in [9.17, 15) is 10.0 Å². The fourth-order valence-corrected chi connectivity index (χ4v) is 2.00. The number of nitrogens with zero attached hydrogens (tertiary/aromatic N) is 2. The molecule has 0 atom stereocenters. The van der Waals surface area contributed by atoms with Gasteiger partial charge in [-0.2, -0.15) is 0 Å². The summed E-state index contributed by atoms with van der Waals surface area (Å²) in [5.41, 5.74) is 1.89. The van der Waals surface area contributed by atoms with Crippen LogP contribution in [0, 0.1) is 5.21 Å². The van der Waals surface area contributed by atoms with Crippen LogP contribution in [0.5, 0.6) is 5.75 Å². The van der Waals surface area contributed by atoms with E-state index >= 15 is 0 Å². The van der Waals surface area contributed by atoms with Crippen molar-refractivity contribution in [1.29, 1.82) is 0 Å². The van der Waals surface area contributed by atoms with Crippen molar-refractivity contribution < 1.29 is 19.1 Å². The summed E-state index contributed by atoms with van der Waals surface area (Å²) >= 11 is 0. The number of ether oxygens (including phenoxy) is 2. The van der Waals surface area contributed by atoms with Crippen LogP contribution < -0.4 is 4.74 Å². The summed E-state index contributed by atoms with van der Waals surface area (Å²) in [4.78, 5) is 11.7. The number of azo groups is 1. The standard InChI is InChI=1S/C17H18N2O4/c1-12(2)23-17(20)18-19(21)15-11-14(9-10-16(15)22-3)13-7-5-4-6-8-13/h4-12H,1-3H3. The third kappa shape index (κ3) is 4.29. The van der Waals surface area contributed by atoms with Crippen molar-refractivity contribution >= 4 is 11.8 Å². The van der Waals surface area contributed by atoms with Crippen molar-refractivity contribution in [2.24, 2.45) is 5.11 Å². The van der Waals surface area contributed by atoms with E-state index in [1.54, 1.807) is 26.0 Å². The topological polar surface area (TPSA) is 74.0 Å². The molecular weight excluding hydrogens is 296 g/mol. The van der Waals surface area contributed by atoms with Crippen molar-refractivity contribution in [2.75, 3.05) is 7.11 Å². The number of hydrogen-bond acceptors (Lipinski definition) is 4. The second kappa shape index (κ2) is 7.40. The van der Waals surface area contributed by atoms with Crippen molar-refractivity contribution in [3.05, 3.63) is 53.7 Å². The molecule has 2 aromatic carbocycles. The zero-order chi connectivity index (χ0) is 16.8. The molecule has 0 radical (unpaired) electrons. The van der Waals surface area contributed by atoms with Crippen LogP contribution in [0.3, 0.4) is 0 Å². The number of carbonyl (C=O) groups is 1. The minimum Gasteiger partial charge on any atom is -0.594 e. The number of methoxy groups -OCH3 is 1. The van der Waals surface area contributed by atoms with E-state index in [2.05, 4.69) is 5.11 Å². The molecule has 2 rings (SSSR count). The molecule has 2 aromatic rings. The van der Waals surface area contributed by atoms with Gasteiger partial charge in [0.2, 0.25) is 0 Å². The first-order valence-corrected chi connectivity index (χ1v) is 7.14. The third-order valence-corrected chi connectivity index (χ3v) is 3.00. The second-order valence-electron chi connectivity index (χ2n) is 5.06. The van der Waals surface area contributed by atoms with Gasteiger partial charge in [-0.05, 0) is 35.9 Å². The summed E-state index contributed by atoms with van der Waals surface area (Å²) in [6.45, 7) is 3.36. The lowest BCUT2D eigenvalue weighted by Gasteiger charge is -2.08. The highest BCUT2D eigenvalue weighted by Gasteiger charge is 2.17. The number of rotatable bonds is 4. The Morgan fingerprint density at radius 3 is 2.43 bits per heavy atom. The largest absolute Gasteiger partial charge is 0.594 e. The van der Waals surface area contributed by atoms with E-state index in [-0.39, 0.29) is 16.7 Å². The van der Waals surface area contributed by atoms with Crippen molar-refractivity contribution in [3.63, 3.8) is 0 Å². The average Bonchev–Trinajstić information content (AvgIpc) is 2.54. The number of benzene rings is 2. The Labute approximate surface area is 134 Å². The van der Waals surface area contributed by atoms with Gasteiger partial charge in [-0.15, -0.1) is 0 Å². The van der Waals surface area contributed by atoms with Crippen molar-refractivity contribution in [3.8, 4) is 16.9 Å². The molecule has 0 aliphatic heterocycles. The first kappa shape index (κ1) is 16.5. The fourth-order valence-electron chi connectivity index (χ4n) is 2.00. The molecule has 0 saturated carbocycles. The van der Waals surface area contributed by atoms with E-state index in [0.717, 1.165) is 11.1 Å². The van der Waals surface area contributed by atoms with E-state index in [4.69, 9.17) is 9.47 Å². The molecule has 0 heterocycles. The van der Waals surface area contributed by atoms with Gasteiger partial charge in [0.25, 0.3) is 5.69 Å².